The maximum Gasteiger partial charge on any atom is 0.0544 e. The fourth-order valence-corrected chi connectivity index (χ4v) is 2.28. The van der Waals surface area contributed by atoms with E-state index in [9.17, 15) is 0 Å². The van der Waals surface area contributed by atoms with Crippen molar-refractivity contribution in [3.8, 4) is 0 Å². The predicted molar refractivity (Wildman–Crippen MR) is 69.7 cm³/mol. The number of aryl methyl sites for hydroxylation is 1. The average molecular weight is 234 g/mol. The topological polar surface area (TPSA) is 45.4 Å². The van der Waals surface area contributed by atoms with Gasteiger partial charge < -0.3 is 10.6 Å². The van der Waals surface area contributed by atoms with E-state index in [0.717, 1.165) is 38.4 Å². The lowest BCUT2D eigenvalue weighted by Gasteiger charge is -2.39. The van der Waals surface area contributed by atoms with Crippen LogP contribution in [0.25, 0.3) is 0 Å². The molecule has 0 aromatic carbocycles. The summed E-state index contributed by atoms with van der Waals surface area (Å²) in [6.07, 6.45) is 1.93. The molecule has 1 aliphatic rings. The van der Waals surface area contributed by atoms with Crippen LogP contribution in [-0.2, 0) is 6.54 Å². The zero-order chi connectivity index (χ0) is 12.3. The summed E-state index contributed by atoms with van der Waals surface area (Å²) in [5.74, 6) is 0. The van der Waals surface area contributed by atoms with Crippen LogP contribution in [0.4, 0.5) is 0 Å². The lowest BCUT2D eigenvalue weighted by Crippen LogP contribution is -2.54. The fourth-order valence-electron chi connectivity index (χ4n) is 2.28. The molecule has 0 aliphatic carbocycles. The van der Waals surface area contributed by atoms with Crippen LogP contribution in [-0.4, -0.2) is 54.1 Å². The highest BCUT2D eigenvalue weighted by molar-refractivity contribution is 5.12. The molecule has 17 heavy (non-hydrogen) atoms. The first-order valence-electron chi connectivity index (χ1n) is 6.23. The van der Waals surface area contributed by atoms with Gasteiger partial charge >= 0.3 is 0 Å². The summed E-state index contributed by atoms with van der Waals surface area (Å²) in [4.78, 5) is 9.25. The molecule has 1 aliphatic heterocycles. The van der Waals surface area contributed by atoms with E-state index in [4.69, 9.17) is 5.73 Å². The number of nitrogens with two attached hydrogens (primary N) is 1. The maximum atomic E-state index is 5.84. The molecule has 1 aromatic heterocycles. The van der Waals surface area contributed by atoms with Crippen molar-refractivity contribution in [2.75, 3.05) is 33.2 Å². The Labute approximate surface area is 103 Å². The van der Waals surface area contributed by atoms with Gasteiger partial charge in [0, 0.05) is 45.0 Å². The molecule has 4 nitrogen and oxygen atoms in total. The highest BCUT2D eigenvalue weighted by atomic mass is 15.3. The van der Waals surface area contributed by atoms with E-state index in [1.807, 2.05) is 6.20 Å². The standard InChI is InChI=1S/C13H22N4/c1-11-3-4-12(15-8-11)9-17-6-5-16(2)10-13(17)7-14/h3-4,8,13H,5-7,9-10,14H2,1-2H3. The first kappa shape index (κ1) is 12.5. The minimum absolute atomic E-state index is 0.455. The van der Waals surface area contributed by atoms with Gasteiger partial charge in [0.1, 0.15) is 0 Å². The molecule has 1 fully saturated rings. The second-order valence-corrected chi connectivity index (χ2v) is 4.95. The fraction of sp³-hybridized carbons (Fsp3) is 0.615. The van der Waals surface area contributed by atoms with Crippen molar-refractivity contribution in [1.82, 2.24) is 14.8 Å². The van der Waals surface area contributed by atoms with Crippen LogP contribution in [0, 0.1) is 6.92 Å². The highest BCUT2D eigenvalue weighted by Crippen LogP contribution is 2.11. The number of rotatable bonds is 3. The lowest BCUT2D eigenvalue weighted by atomic mass is 10.1. The lowest BCUT2D eigenvalue weighted by molar-refractivity contribution is 0.0870. The number of pyridine rings is 1. The van der Waals surface area contributed by atoms with E-state index < -0.39 is 0 Å². The molecule has 0 amide bonds. The van der Waals surface area contributed by atoms with Crippen molar-refractivity contribution >= 4 is 0 Å². The van der Waals surface area contributed by atoms with Crippen LogP contribution in [0.5, 0.6) is 0 Å². The Morgan fingerprint density at radius 1 is 1.41 bits per heavy atom. The van der Waals surface area contributed by atoms with Crippen LogP contribution in [0.1, 0.15) is 11.3 Å². The monoisotopic (exact) mass is 234 g/mol. The van der Waals surface area contributed by atoms with Gasteiger partial charge in [0.05, 0.1) is 5.69 Å². The molecule has 94 valence electrons. The zero-order valence-corrected chi connectivity index (χ0v) is 10.8. The molecule has 1 saturated heterocycles. The molecule has 0 saturated carbocycles. The Kier molecular flexibility index (Phi) is 4.10. The number of hydrogen-bond acceptors (Lipinski definition) is 4. The van der Waals surface area contributed by atoms with Gasteiger partial charge in [0.2, 0.25) is 0 Å². The number of piperazine rings is 1. The molecule has 0 radical (unpaired) electrons. The summed E-state index contributed by atoms with van der Waals surface area (Å²) in [7, 11) is 2.16. The maximum absolute atomic E-state index is 5.84. The van der Waals surface area contributed by atoms with E-state index in [-0.39, 0.29) is 0 Å². The van der Waals surface area contributed by atoms with E-state index in [1.54, 1.807) is 0 Å². The summed E-state index contributed by atoms with van der Waals surface area (Å²) >= 11 is 0. The van der Waals surface area contributed by atoms with Crippen molar-refractivity contribution in [2.24, 2.45) is 5.73 Å². The van der Waals surface area contributed by atoms with Crippen molar-refractivity contribution in [2.45, 2.75) is 19.5 Å². The molecular formula is C13H22N4. The molecule has 2 N–H and O–H groups in total. The Hall–Kier alpha value is -0.970. The van der Waals surface area contributed by atoms with Gasteiger partial charge in [-0.2, -0.15) is 0 Å². The van der Waals surface area contributed by atoms with E-state index >= 15 is 0 Å². The first-order chi connectivity index (χ1) is 8.19. The van der Waals surface area contributed by atoms with E-state index in [2.05, 4.69) is 40.9 Å². The molecule has 1 unspecified atom stereocenters. The first-order valence-corrected chi connectivity index (χ1v) is 6.23. The largest absolute Gasteiger partial charge is 0.329 e. The van der Waals surface area contributed by atoms with Crippen molar-refractivity contribution < 1.29 is 0 Å². The molecule has 1 aromatic rings. The van der Waals surface area contributed by atoms with Gasteiger partial charge in [0.25, 0.3) is 0 Å². The molecule has 1 atom stereocenters. The summed E-state index contributed by atoms with van der Waals surface area (Å²) in [6.45, 7) is 6.94. The van der Waals surface area contributed by atoms with Gasteiger partial charge in [-0.3, -0.25) is 9.88 Å². The van der Waals surface area contributed by atoms with Crippen molar-refractivity contribution in [3.63, 3.8) is 0 Å². The van der Waals surface area contributed by atoms with Gasteiger partial charge in [0.15, 0.2) is 0 Å². The third-order valence-corrected chi connectivity index (χ3v) is 3.42. The Morgan fingerprint density at radius 2 is 2.24 bits per heavy atom. The van der Waals surface area contributed by atoms with Gasteiger partial charge in [-0.1, -0.05) is 6.07 Å². The predicted octanol–water partition coefficient (Wildman–Crippen LogP) is 0.465. The number of nitrogens with zero attached hydrogens (tertiary/aromatic N) is 3. The van der Waals surface area contributed by atoms with Gasteiger partial charge in [-0.15, -0.1) is 0 Å². The SMILES string of the molecule is Cc1ccc(CN2CCN(C)CC2CN)nc1. The van der Waals surface area contributed by atoms with Crippen LogP contribution in [0.2, 0.25) is 0 Å². The summed E-state index contributed by atoms with van der Waals surface area (Å²) in [5.41, 5.74) is 8.19. The van der Waals surface area contributed by atoms with Crippen molar-refractivity contribution in [1.29, 1.82) is 0 Å². The Morgan fingerprint density at radius 3 is 2.88 bits per heavy atom. The quantitative estimate of drug-likeness (QED) is 0.825. The summed E-state index contributed by atoms with van der Waals surface area (Å²) < 4.78 is 0. The van der Waals surface area contributed by atoms with Crippen molar-refractivity contribution in [3.05, 3.63) is 29.6 Å². The molecule has 4 heteroatoms. The Bertz CT molecular complexity index is 349. The highest BCUT2D eigenvalue weighted by Gasteiger charge is 2.24. The molecule has 2 rings (SSSR count). The number of hydrogen-bond donors (Lipinski definition) is 1. The number of likely N-dealkylation sites (N-methyl/N-ethyl adjacent to an activating group) is 1. The second kappa shape index (κ2) is 5.58. The number of aromatic nitrogens is 1. The van der Waals surface area contributed by atoms with Crippen LogP contribution >= 0.6 is 0 Å². The van der Waals surface area contributed by atoms with E-state index in [1.165, 1.54) is 5.56 Å². The normalized spacial score (nSPS) is 22.9. The third kappa shape index (κ3) is 3.25. The Balaban J connectivity index is 1.99. The third-order valence-electron chi connectivity index (χ3n) is 3.42. The molecule has 0 bridgehead atoms. The minimum atomic E-state index is 0.455. The molecule has 2 heterocycles. The smallest absolute Gasteiger partial charge is 0.0544 e. The van der Waals surface area contributed by atoms with Crippen LogP contribution in [0.3, 0.4) is 0 Å². The molecular weight excluding hydrogens is 212 g/mol. The average Bonchev–Trinajstić information content (AvgIpc) is 2.34. The second-order valence-electron chi connectivity index (χ2n) is 4.95. The molecule has 0 spiro atoms. The van der Waals surface area contributed by atoms with Crippen LogP contribution in [0.15, 0.2) is 18.3 Å². The van der Waals surface area contributed by atoms with Gasteiger partial charge in [-0.25, -0.2) is 0 Å². The summed E-state index contributed by atoms with van der Waals surface area (Å²) in [6, 6.07) is 4.69. The zero-order valence-electron chi connectivity index (χ0n) is 10.8. The van der Waals surface area contributed by atoms with Gasteiger partial charge in [-0.05, 0) is 25.6 Å². The minimum Gasteiger partial charge on any atom is -0.329 e. The van der Waals surface area contributed by atoms with Crippen LogP contribution < -0.4 is 5.73 Å². The van der Waals surface area contributed by atoms with E-state index in [0.29, 0.717) is 6.04 Å². The summed E-state index contributed by atoms with van der Waals surface area (Å²) in [5, 5.41) is 0.